The van der Waals surface area contributed by atoms with Gasteiger partial charge in [0.05, 0.1) is 12.1 Å². The Morgan fingerprint density at radius 3 is 2.50 bits per heavy atom. The zero-order valence-corrected chi connectivity index (χ0v) is 11.6. The second kappa shape index (κ2) is 6.73. The van der Waals surface area contributed by atoms with Crippen molar-refractivity contribution >= 4 is 11.8 Å². The molecular formula is C13H25N3O2. The van der Waals surface area contributed by atoms with Gasteiger partial charge in [0.15, 0.2) is 0 Å². The Morgan fingerprint density at radius 1 is 1.39 bits per heavy atom. The van der Waals surface area contributed by atoms with Crippen molar-refractivity contribution in [3.05, 3.63) is 0 Å². The summed E-state index contributed by atoms with van der Waals surface area (Å²) in [5, 5.41) is 2.98. The third-order valence-electron chi connectivity index (χ3n) is 3.62. The smallest absolute Gasteiger partial charge is 0.236 e. The van der Waals surface area contributed by atoms with Crippen molar-refractivity contribution in [1.82, 2.24) is 10.2 Å². The lowest BCUT2D eigenvalue weighted by Gasteiger charge is -2.39. The van der Waals surface area contributed by atoms with Gasteiger partial charge in [-0.2, -0.15) is 0 Å². The third kappa shape index (κ3) is 3.70. The summed E-state index contributed by atoms with van der Waals surface area (Å²) in [7, 11) is 0. The SMILES string of the molecule is CCN(C(C)=O)[C@H]1CCCC[C@H]1NC(=O)[C@H](C)N. The zero-order valence-electron chi connectivity index (χ0n) is 11.6. The number of hydrogen-bond donors (Lipinski definition) is 2. The van der Waals surface area contributed by atoms with Crippen LogP contribution in [0.2, 0.25) is 0 Å². The Kier molecular flexibility index (Phi) is 5.59. The van der Waals surface area contributed by atoms with E-state index in [1.54, 1.807) is 13.8 Å². The molecule has 1 fully saturated rings. The molecule has 104 valence electrons. The topological polar surface area (TPSA) is 75.4 Å². The maximum Gasteiger partial charge on any atom is 0.236 e. The molecule has 18 heavy (non-hydrogen) atoms. The highest BCUT2D eigenvalue weighted by molar-refractivity contribution is 5.81. The van der Waals surface area contributed by atoms with Gasteiger partial charge in [-0.25, -0.2) is 0 Å². The second-order valence-electron chi connectivity index (χ2n) is 5.06. The Labute approximate surface area is 109 Å². The lowest BCUT2D eigenvalue weighted by Crippen LogP contribution is -2.56. The molecule has 0 saturated heterocycles. The molecule has 0 aromatic carbocycles. The van der Waals surface area contributed by atoms with Crippen LogP contribution in [0.4, 0.5) is 0 Å². The first-order valence-electron chi connectivity index (χ1n) is 6.80. The molecule has 0 unspecified atom stereocenters. The fourth-order valence-corrected chi connectivity index (χ4v) is 2.66. The standard InChI is InChI=1S/C13H25N3O2/c1-4-16(10(3)17)12-8-6-5-7-11(12)15-13(18)9(2)14/h9,11-12H,4-8,14H2,1-3H3,(H,15,18)/t9-,11+,12-/m0/s1. The molecule has 0 aliphatic heterocycles. The van der Waals surface area contributed by atoms with Crippen molar-refractivity contribution < 1.29 is 9.59 Å². The fraction of sp³-hybridized carbons (Fsp3) is 0.846. The van der Waals surface area contributed by atoms with Crippen LogP contribution in [-0.2, 0) is 9.59 Å². The third-order valence-corrected chi connectivity index (χ3v) is 3.62. The van der Waals surface area contributed by atoms with Crippen LogP contribution < -0.4 is 11.1 Å². The minimum absolute atomic E-state index is 0.0427. The van der Waals surface area contributed by atoms with Crippen LogP contribution in [0.15, 0.2) is 0 Å². The van der Waals surface area contributed by atoms with E-state index in [-0.39, 0.29) is 23.9 Å². The molecule has 3 atom stereocenters. The molecule has 1 saturated carbocycles. The van der Waals surface area contributed by atoms with Crippen molar-refractivity contribution in [2.24, 2.45) is 5.73 Å². The molecule has 1 rings (SSSR count). The van der Waals surface area contributed by atoms with E-state index in [4.69, 9.17) is 5.73 Å². The van der Waals surface area contributed by atoms with Gasteiger partial charge < -0.3 is 16.0 Å². The van der Waals surface area contributed by atoms with Gasteiger partial charge in [-0.05, 0) is 26.7 Å². The molecule has 5 heteroatoms. The first-order chi connectivity index (χ1) is 8.47. The van der Waals surface area contributed by atoms with Crippen LogP contribution in [0.25, 0.3) is 0 Å². The number of likely N-dealkylation sites (N-methyl/N-ethyl adjacent to an activating group) is 1. The molecule has 0 radical (unpaired) electrons. The summed E-state index contributed by atoms with van der Waals surface area (Å²) in [4.78, 5) is 25.2. The van der Waals surface area contributed by atoms with E-state index < -0.39 is 6.04 Å². The van der Waals surface area contributed by atoms with Gasteiger partial charge in [-0.15, -0.1) is 0 Å². The number of nitrogens with one attached hydrogen (secondary N) is 1. The van der Waals surface area contributed by atoms with Gasteiger partial charge in [0, 0.05) is 19.5 Å². The minimum atomic E-state index is -0.500. The fourth-order valence-electron chi connectivity index (χ4n) is 2.66. The monoisotopic (exact) mass is 255 g/mol. The number of carbonyl (C=O) groups excluding carboxylic acids is 2. The summed E-state index contributed by atoms with van der Waals surface area (Å²) in [6, 6.07) is -0.343. The highest BCUT2D eigenvalue weighted by atomic mass is 16.2. The van der Waals surface area contributed by atoms with E-state index >= 15 is 0 Å². The molecule has 0 bridgehead atoms. The van der Waals surface area contributed by atoms with Crippen LogP contribution in [0.5, 0.6) is 0 Å². The number of nitrogens with two attached hydrogens (primary N) is 1. The van der Waals surface area contributed by atoms with E-state index in [1.807, 2.05) is 11.8 Å². The van der Waals surface area contributed by atoms with E-state index in [0.717, 1.165) is 25.7 Å². The molecule has 0 aromatic rings. The predicted molar refractivity (Wildman–Crippen MR) is 70.9 cm³/mol. The first-order valence-corrected chi connectivity index (χ1v) is 6.80. The van der Waals surface area contributed by atoms with Crippen LogP contribution in [0.3, 0.4) is 0 Å². The van der Waals surface area contributed by atoms with Gasteiger partial charge in [0.2, 0.25) is 11.8 Å². The van der Waals surface area contributed by atoms with Crippen LogP contribution >= 0.6 is 0 Å². The Balaban J connectivity index is 2.73. The summed E-state index contributed by atoms with van der Waals surface area (Å²) in [6.45, 7) is 5.92. The average molecular weight is 255 g/mol. The quantitative estimate of drug-likeness (QED) is 0.773. The number of amides is 2. The number of hydrogen-bond acceptors (Lipinski definition) is 3. The number of rotatable bonds is 4. The Hall–Kier alpha value is -1.10. The summed E-state index contributed by atoms with van der Waals surface area (Å²) in [6.07, 6.45) is 4.08. The van der Waals surface area contributed by atoms with Gasteiger partial charge in [-0.3, -0.25) is 9.59 Å². The molecule has 0 aromatic heterocycles. The van der Waals surface area contributed by atoms with E-state index in [1.165, 1.54) is 0 Å². The first kappa shape index (κ1) is 15.0. The summed E-state index contributed by atoms with van der Waals surface area (Å²) >= 11 is 0. The molecule has 1 aliphatic carbocycles. The largest absolute Gasteiger partial charge is 0.350 e. The highest BCUT2D eigenvalue weighted by Crippen LogP contribution is 2.23. The lowest BCUT2D eigenvalue weighted by molar-refractivity contribution is -0.133. The van der Waals surface area contributed by atoms with Gasteiger partial charge >= 0.3 is 0 Å². The maximum absolute atomic E-state index is 11.7. The molecule has 3 N–H and O–H groups in total. The van der Waals surface area contributed by atoms with Crippen molar-refractivity contribution in [3.63, 3.8) is 0 Å². The molecule has 2 amide bonds. The molecule has 0 spiro atoms. The number of carbonyl (C=O) groups is 2. The minimum Gasteiger partial charge on any atom is -0.350 e. The average Bonchev–Trinajstić information content (AvgIpc) is 2.31. The molecule has 1 aliphatic rings. The summed E-state index contributed by atoms with van der Waals surface area (Å²) in [5.41, 5.74) is 5.57. The van der Waals surface area contributed by atoms with Gasteiger partial charge in [0.25, 0.3) is 0 Å². The maximum atomic E-state index is 11.7. The predicted octanol–water partition coefficient (Wildman–Crippen LogP) is 0.629. The zero-order chi connectivity index (χ0) is 13.7. The molecule has 0 heterocycles. The van der Waals surface area contributed by atoms with Crippen molar-refractivity contribution in [2.75, 3.05) is 6.54 Å². The van der Waals surface area contributed by atoms with Gasteiger partial charge in [-0.1, -0.05) is 12.8 Å². The van der Waals surface area contributed by atoms with Crippen LogP contribution in [0, 0.1) is 0 Å². The summed E-state index contributed by atoms with van der Waals surface area (Å²) < 4.78 is 0. The number of nitrogens with zero attached hydrogens (tertiary/aromatic N) is 1. The normalized spacial score (nSPS) is 25.3. The van der Waals surface area contributed by atoms with E-state index in [0.29, 0.717) is 6.54 Å². The molecule has 5 nitrogen and oxygen atoms in total. The summed E-state index contributed by atoms with van der Waals surface area (Å²) in [5.74, 6) is -0.0593. The Bertz CT molecular complexity index is 305. The van der Waals surface area contributed by atoms with Gasteiger partial charge in [0.1, 0.15) is 0 Å². The van der Waals surface area contributed by atoms with E-state index in [9.17, 15) is 9.59 Å². The Morgan fingerprint density at radius 2 is 2.00 bits per heavy atom. The highest BCUT2D eigenvalue weighted by Gasteiger charge is 2.32. The van der Waals surface area contributed by atoms with Crippen LogP contribution in [-0.4, -0.2) is 41.4 Å². The lowest BCUT2D eigenvalue weighted by atomic mass is 9.88. The van der Waals surface area contributed by atoms with Crippen molar-refractivity contribution in [1.29, 1.82) is 0 Å². The van der Waals surface area contributed by atoms with E-state index in [2.05, 4.69) is 5.32 Å². The van der Waals surface area contributed by atoms with Crippen molar-refractivity contribution in [3.8, 4) is 0 Å². The van der Waals surface area contributed by atoms with Crippen molar-refractivity contribution in [2.45, 2.75) is 64.6 Å². The molecular weight excluding hydrogens is 230 g/mol. The van der Waals surface area contributed by atoms with Crippen LogP contribution in [0.1, 0.15) is 46.5 Å². The second-order valence-corrected chi connectivity index (χ2v) is 5.06.